The van der Waals surface area contributed by atoms with Gasteiger partial charge in [-0.3, -0.25) is 4.79 Å². The number of amides is 1. The van der Waals surface area contributed by atoms with Crippen LogP contribution in [-0.2, 0) is 11.2 Å². The third-order valence-electron chi connectivity index (χ3n) is 3.89. The van der Waals surface area contributed by atoms with Gasteiger partial charge in [-0.2, -0.15) is 0 Å². The number of carbonyl (C=O) groups is 1. The smallest absolute Gasteiger partial charge is 0.227 e. The largest absolute Gasteiger partial charge is 0.312 e. The molecule has 0 radical (unpaired) electrons. The van der Waals surface area contributed by atoms with Crippen molar-refractivity contribution in [3.05, 3.63) is 29.8 Å². The zero-order valence-corrected chi connectivity index (χ0v) is 12.0. The normalized spacial score (nSPS) is 15.2. The molecule has 0 spiro atoms. The van der Waals surface area contributed by atoms with Crippen LogP contribution in [0.15, 0.2) is 24.3 Å². The Labute approximate surface area is 116 Å². The lowest BCUT2D eigenvalue weighted by atomic mass is 10.1. The summed E-state index contributed by atoms with van der Waals surface area (Å²) >= 11 is 0. The van der Waals surface area contributed by atoms with Crippen LogP contribution in [0.3, 0.4) is 0 Å². The van der Waals surface area contributed by atoms with Crippen molar-refractivity contribution in [3.8, 4) is 0 Å². The van der Waals surface area contributed by atoms with Gasteiger partial charge in [-0.05, 0) is 37.0 Å². The van der Waals surface area contributed by atoms with Gasteiger partial charge in [-0.15, -0.1) is 0 Å². The molecule has 0 unspecified atom stereocenters. The number of unbranched alkanes of at least 4 members (excludes halogenated alkanes) is 4. The minimum atomic E-state index is 0.271. The maximum atomic E-state index is 11.7. The topological polar surface area (TPSA) is 20.3 Å². The quantitative estimate of drug-likeness (QED) is 0.667. The molecule has 0 aromatic heterocycles. The van der Waals surface area contributed by atoms with Gasteiger partial charge in [-0.1, -0.05) is 44.7 Å². The number of anilines is 1. The highest BCUT2D eigenvalue weighted by Gasteiger charge is 2.21. The Hall–Kier alpha value is -1.31. The second-order valence-electron chi connectivity index (χ2n) is 5.48. The third-order valence-corrected chi connectivity index (χ3v) is 3.89. The number of benzene rings is 1. The Morgan fingerprint density at radius 2 is 1.79 bits per heavy atom. The van der Waals surface area contributed by atoms with E-state index in [1.54, 1.807) is 0 Å². The van der Waals surface area contributed by atoms with Gasteiger partial charge in [0.25, 0.3) is 0 Å². The first-order valence-electron chi connectivity index (χ1n) is 7.70. The summed E-state index contributed by atoms with van der Waals surface area (Å²) in [6.07, 6.45) is 9.50. The van der Waals surface area contributed by atoms with E-state index in [4.69, 9.17) is 0 Å². The van der Waals surface area contributed by atoms with E-state index in [9.17, 15) is 4.79 Å². The summed E-state index contributed by atoms with van der Waals surface area (Å²) in [6.45, 7) is 3.13. The number of carbonyl (C=O) groups excluding carboxylic acids is 1. The van der Waals surface area contributed by atoms with Crippen LogP contribution in [0.5, 0.6) is 0 Å². The Morgan fingerprint density at radius 3 is 2.42 bits per heavy atom. The average Bonchev–Trinajstić information content (AvgIpc) is 2.86. The highest BCUT2D eigenvalue weighted by atomic mass is 16.2. The standard InChI is InChI=1S/C17H25NO/c1-2-3-4-5-6-8-15-10-12-16(13-11-15)18-14-7-9-17(18)19/h10-13H,2-9,14H2,1H3. The van der Waals surface area contributed by atoms with E-state index in [1.165, 1.54) is 37.7 Å². The molecule has 2 nitrogen and oxygen atoms in total. The van der Waals surface area contributed by atoms with Crippen LogP contribution in [0.4, 0.5) is 5.69 Å². The van der Waals surface area contributed by atoms with Crippen molar-refractivity contribution >= 4 is 11.6 Å². The minimum Gasteiger partial charge on any atom is -0.312 e. The van der Waals surface area contributed by atoms with Crippen LogP contribution in [0.1, 0.15) is 57.4 Å². The number of hydrogen-bond acceptors (Lipinski definition) is 1. The van der Waals surface area contributed by atoms with E-state index in [-0.39, 0.29) is 5.91 Å². The molecule has 19 heavy (non-hydrogen) atoms. The third kappa shape index (κ3) is 4.09. The molecule has 1 aromatic rings. The van der Waals surface area contributed by atoms with Crippen molar-refractivity contribution in [1.29, 1.82) is 0 Å². The molecule has 1 saturated heterocycles. The second-order valence-corrected chi connectivity index (χ2v) is 5.48. The first-order chi connectivity index (χ1) is 9.31. The van der Waals surface area contributed by atoms with Gasteiger partial charge in [0.2, 0.25) is 5.91 Å². The molecule has 1 amide bonds. The Morgan fingerprint density at radius 1 is 1.05 bits per heavy atom. The number of aryl methyl sites for hydroxylation is 1. The molecular weight excluding hydrogens is 234 g/mol. The summed E-state index contributed by atoms with van der Waals surface area (Å²) in [7, 11) is 0. The summed E-state index contributed by atoms with van der Waals surface area (Å²) in [5.74, 6) is 0.271. The maximum Gasteiger partial charge on any atom is 0.227 e. The highest BCUT2D eigenvalue weighted by Crippen LogP contribution is 2.22. The van der Waals surface area contributed by atoms with E-state index in [2.05, 4.69) is 31.2 Å². The van der Waals surface area contributed by atoms with Gasteiger partial charge in [0.15, 0.2) is 0 Å². The monoisotopic (exact) mass is 259 g/mol. The fraction of sp³-hybridized carbons (Fsp3) is 0.588. The molecule has 1 aromatic carbocycles. The molecule has 1 aliphatic rings. The molecule has 0 saturated carbocycles. The predicted molar refractivity (Wildman–Crippen MR) is 80.5 cm³/mol. The molecular formula is C17H25NO. The molecule has 2 heteroatoms. The van der Waals surface area contributed by atoms with Crippen LogP contribution in [-0.4, -0.2) is 12.5 Å². The lowest BCUT2D eigenvalue weighted by molar-refractivity contribution is -0.117. The first-order valence-corrected chi connectivity index (χ1v) is 7.70. The average molecular weight is 259 g/mol. The molecule has 0 bridgehead atoms. The first kappa shape index (κ1) is 14.1. The van der Waals surface area contributed by atoms with Crippen molar-refractivity contribution in [2.24, 2.45) is 0 Å². The van der Waals surface area contributed by atoms with Crippen molar-refractivity contribution in [3.63, 3.8) is 0 Å². The van der Waals surface area contributed by atoms with E-state index >= 15 is 0 Å². The Bertz CT molecular complexity index is 396. The molecule has 104 valence electrons. The number of nitrogens with zero attached hydrogens (tertiary/aromatic N) is 1. The lowest BCUT2D eigenvalue weighted by Crippen LogP contribution is -2.23. The van der Waals surface area contributed by atoms with Crippen LogP contribution < -0.4 is 4.90 Å². The highest BCUT2D eigenvalue weighted by molar-refractivity contribution is 5.95. The SMILES string of the molecule is CCCCCCCc1ccc(N2CCCC2=O)cc1. The number of hydrogen-bond donors (Lipinski definition) is 0. The van der Waals surface area contributed by atoms with Gasteiger partial charge in [0.05, 0.1) is 0 Å². The van der Waals surface area contributed by atoms with Gasteiger partial charge < -0.3 is 4.90 Å². The van der Waals surface area contributed by atoms with Gasteiger partial charge in [0.1, 0.15) is 0 Å². The minimum absolute atomic E-state index is 0.271. The van der Waals surface area contributed by atoms with Crippen molar-refractivity contribution in [1.82, 2.24) is 0 Å². The van der Waals surface area contributed by atoms with Crippen LogP contribution >= 0.6 is 0 Å². The fourth-order valence-corrected chi connectivity index (χ4v) is 2.70. The lowest BCUT2D eigenvalue weighted by Gasteiger charge is -2.15. The maximum absolute atomic E-state index is 11.7. The van der Waals surface area contributed by atoms with Crippen molar-refractivity contribution < 1.29 is 4.79 Å². The zero-order valence-electron chi connectivity index (χ0n) is 12.0. The van der Waals surface area contributed by atoms with E-state index in [0.717, 1.165) is 25.1 Å². The molecule has 1 fully saturated rings. The molecule has 0 N–H and O–H groups in total. The summed E-state index contributed by atoms with van der Waals surface area (Å²) in [5.41, 5.74) is 2.46. The van der Waals surface area contributed by atoms with Crippen LogP contribution in [0, 0.1) is 0 Å². The molecule has 0 aliphatic carbocycles. The van der Waals surface area contributed by atoms with E-state index in [0.29, 0.717) is 6.42 Å². The number of rotatable bonds is 7. The Kier molecular flexibility index (Phi) is 5.44. The second kappa shape index (κ2) is 7.32. The summed E-state index contributed by atoms with van der Waals surface area (Å²) in [6, 6.07) is 8.57. The van der Waals surface area contributed by atoms with E-state index < -0.39 is 0 Å². The van der Waals surface area contributed by atoms with Gasteiger partial charge in [0, 0.05) is 18.7 Å². The summed E-state index contributed by atoms with van der Waals surface area (Å²) in [4.78, 5) is 13.6. The van der Waals surface area contributed by atoms with E-state index in [1.807, 2.05) is 4.90 Å². The molecule has 1 heterocycles. The molecule has 2 rings (SSSR count). The summed E-state index contributed by atoms with van der Waals surface area (Å²) < 4.78 is 0. The predicted octanol–water partition coefficient (Wildman–Crippen LogP) is 4.33. The van der Waals surface area contributed by atoms with Crippen molar-refractivity contribution in [2.75, 3.05) is 11.4 Å². The van der Waals surface area contributed by atoms with Gasteiger partial charge in [-0.25, -0.2) is 0 Å². The molecule has 0 atom stereocenters. The molecule has 1 aliphatic heterocycles. The van der Waals surface area contributed by atoms with Crippen LogP contribution in [0.2, 0.25) is 0 Å². The summed E-state index contributed by atoms with van der Waals surface area (Å²) in [5, 5.41) is 0. The Balaban J connectivity index is 1.79. The zero-order chi connectivity index (χ0) is 13.5. The van der Waals surface area contributed by atoms with Gasteiger partial charge >= 0.3 is 0 Å². The van der Waals surface area contributed by atoms with Crippen molar-refractivity contribution in [2.45, 2.75) is 58.3 Å². The fourth-order valence-electron chi connectivity index (χ4n) is 2.70. The van der Waals surface area contributed by atoms with Crippen LogP contribution in [0.25, 0.3) is 0 Å².